The second-order valence-electron chi connectivity index (χ2n) is 8.13. The number of hydrogen-bond acceptors (Lipinski definition) is 8. The number of thiophene rings is 2. The second kappa shape index (κ2) is 9.51. The second-order valence-corrected chi connectivity index (χ2v) is 10.0. The third-order valence-corrected chi connectivity index (χ3v) is 7.84. The molecule has 168 valence electrons. The minimum Gasteiger partial charge on any atom is -0.340 e. The summed E-state index contributed by atoms with van der Waals surface area (Å²) in [4.78, 5) is 37.9. The Morgan fingerprint density at radius 3 is 2.41 bits per heavy atom. The number of piperazine rings is 1. The van der Waals surface area contributed by atoms with Gasteiger partial charge >= 0.3 is 0 Å². The van der Waals surface area contributed by atoms with Gasteiger partial charge in [0.25, 0.3) is 5.91 Å². The predicted octanol–water partition coefficient (Wildman–Crippen LogP) is 3.06. The zero-order valence-corrected chi connectivity index (χ0v) is 19.3. The highest BCUT2D eigenvalue weighted by molar-refractivity contribution is 7.13. The maximum absolute atomic E-state index is 13.0. The molecule has 0 unspecified atom stereocenters. The molecule has 0 aliphatic carbocycles. The highest BCUT2D eigenvalue weighted by Crippen LogP contribution is 2.24. The van der Waals surface area contributed by atoms with Gasteiger partial charge in [0.15, 0.2) is 0 Å². The molecule has 5 rings (SSSR count). The van der Waals surface area contributed by atoms with Gasteiger partial charge in [-0.3, -0.25) is 14.5 Å². The largest absolute Gasteiger partial charge is 0.340 e. The number of piperidine rings is 1. The van der Waals surface area contributed by atoms with Crippen molar-refractivity contribution >= 4 is 34.5 Å². The maximum atomic E-state index is 13.0. The summed E-state index contributed by atoms with van der Waals surface area (Å²) in [6.45, 7) is 4.89. The van der Waals surface area contributed by atoms with Gasteiger partial charge < -0.3 is 14.3 Å². The van der Waals surface area contributed by atoms with Gasteiger partial charge in [-0.05, 0) is 35.7 Å². The molecule has 2 aliphatic rings. The molecule has 0 bridgehead atoms. The van der Waals surface area contributed by atoms with Crippen LogP contribution in [0.5, 0.6) is 0 Å². The van der Waals surface area contributed by atoms with Gasteiger partial charge in [-0.15, -0.1) is 22.7 Å². The number of amides is 2. The summed E-state index contributed by atoms with van der Waals surface area (Å²) >= 11 is 3.06. The van der Waals surface area contributed by atoms with Crippen molar-refractivity contribution in [2.24, 2.45) is 5.92 Å². The van der Waals surface area contributed by atoms with Crippen LogP contribution < -0.4 is 0 Å². The summed E-state index contributed by atoms with van der Waals surface area (Å²) in [7, 11) is 0. The molecule has 2 saturated heterocycles. The monoisotopic (exact) mass is 471 g/mol. The number of carbonyl (C=O) groups is 2. The zero-order chi connectivity index (χ0) is 21.9. The molecular weight excluding hydrogens is 446 g/mol. The number of carbonyl (C=O) groups excluding carboxylic acids is 2. The first-order valence-corrected chi connectivity index (χ1v) is 12.6. The molecule has 0 spiro atoms. The van der Waals surface area contributed by atoms with Crippen molar-refractivity contribution in [3.8, 4) is 10.7 Å². The Morgan fingerprint density at radius 1 is 0.969 bits per heavy atom. The van der Waals surface area contributed by atoms with Crippen molar-refractivity contribution in [3.63, 3.8) is 0 Å². The topological polar surface area (TPSA) is 82.8 Å². The lowest BCUT2D eigenvalue weighted by atomic mass is 9.95. The van der Waals surface area contributed by atoms with Crippen LogP contribution in [0, 0.1) is 5.92 Å². The van der Waals surface area contributed by atoms with Crippen molar-refractivity contribution in [2.75, 3.05) is 39.3 Å². The minimum atomic E-state index is 0.0123. The van der Waals surface area contributed by atoms with Gasteiger partial charge in [0.05, 0.1) is 16.3 Å². The number of hydrogen-bond donors (Lipinski definition) is 0. The summed E-state index contributed by atoms with van der Waals surface area (Å²) in [6, 6.07) is 7.71. The van der Waals surface area contributed by atoms with Crippen molar-refractivity contribution in [1.29, 1.82) is 0 Å². The van der Waals surface area contributed by atoms with Gasteiger partial charge in [-0.1, -0.05) is 17.3 Å². The van der Waals surface area contributed by atoms with Crippen LogP contribution in [-0.2, 0) is 11.3 Å². The van der Waals surface area contributed by atoms with E-state index in [9.17, 15) is 9.59 Å². The minimum absolute atomic E-state index is 0.0123. The van der Waals surface area contributed by atoms with Crippen molar-refractivity contribution in [1.82, 2.24) is 24.8 Å². The summed E-state index contributed by atoms with van der Waals surface area (Å²) in [5.41, 5.74) is 0. The fourth-order valence-electron chi connectivity index (χ4n) is 4.29. The van der Waals surface area contributed by atoms with E-state index in [-0.39, 0.29) is 17.7 Å². The maximum Gasteiger partial charge on any atom is 0.263 e. The van der Waals surface area contributed by atoms with E-state index in [1.807, 2.05) is 44.8 Å². The Morgan fingerprint density at radius 2 is 1.72 bits per heavy atom. The first-order chi connectivity index (χ1) is 15.7. The number of nitrogens with zero attached hydrogens (tertiary/aromatic N) is 5. The van der Waals surface area contributed by atoms with Crippen LogP contribution in [0.15, 0.2) is 39.5 Å². The van der Waals surface area contributed by atoms with E-state index in [0.717, 1.165) is 35.7 Å². The quantitative estimate of drug-likeness (QED) is 0.569. The van der Waals surface area contributed by atoms with Gasteiger partial charge in [0, 0.05) is 45.2 Å². The molecular formula is C22H25N5O3S2. The van der Waals surface area contributed by atoms with E-state index in [1.54, 1.807) is 11.3 Å². The van der Waals surface area contributed by atoms with Crippen LogP contribution in [0.1, 0.15) is 28.4 Å². The summed E-state index contributed by atoms with van der Waals surface area (Å²) in [5.74, 6) is 1.57. The van der Waals surface area contributed by atoms with E-state index in [2.05, 4.69) is 15.0 Å². The van der Waals surface area contributed by atoms with Gasteiger partial charge in [0.2, 0.25) is 17.6 Å². The third kappa shape index (κ3) is 4.62. The molecule has 2 fully saturated rings. The number of likely N-dealkylation sites (tertiary alicyclic amines) is 1. The van der Waals surface area contributed by atoms with Crippen molar-refractivity contribution in [2.45, 2.75) is 19.4 Å². The summed E-state index contributed by atoms with van der Waals surface area (Å²) in [5, 5.41) is 7.98. The molecule has 5 heterocycles. The van der Waals surface area contributed by atoms with Gasteiger partial charge in [0.1, 0.15) is 0 Å². The Hall–Kier alpha value is -2.56. The molecule has 2 aliphatic heterocycles. The highest BCUT2D eigenvalue weighted by Gasteiger charge is 2.32. The fraction of sp³-hybridized carbons (Fsp3) is 0.455. The Balaban J connectivity index is 1.08. The predicted molar refractivity (Wildman–Crippen MR) is 122 cm³/mol. The van der Waals surface area contributed by atoms with Crippen molar-refractivity contribution < 1.29 is 14.1 Å². The summed E-state index contributed by atoms with van der Waals surface area (Å²) in [6.07, 6.45) is 1.48. The Labute approximate surface area is 194 Å². The highest BCUT2D eigenvalue weighted by atomic mass is 32.1. The van der Waals surface area contributed by atoms with E-state index < -0.39 is 0 Å². The molecule has 2 amide bonds. The number of rotatable bonds is 5. The molecule has 10 heteroatoms. The third-order valence-electron chi connectivity index (χ3n) is 6.12. The average Bonchev–Trinajstić information content (AvgIpc) is 3.61. The van der Waals surface area contributed by atoms with Crippen LogP contribution in [0.4, 0.5) is 0 Å². The molecule has 0 aromatic carbocycles. The van der Waals surface area contributed by atoms with E-state index in [0.29, 0.717) is 44.4 Å². The average molecular weight is 472 g/mol. The first kappa shape index (κ1) is 21.3. The van der Waals surface area contributed by atoms with Gasteiger partial charge in [-0.2, -0.15) is 4.98 Å². The lowest BCUT2D eigenvalue weighted by molar-refractivity contribution is -0.138. The molecule has 0 radical (unpaired) electrons. The van der Waals surface area contributed by atoms with Crippen LogP contribution in [0.25, 0.3) is 10.7 Å². The lowest BCUT2D eigenvalue weighted by Gasteiger charge is -2.38. The van der Waals surface area contributed by atoms with Gasteiger partial charge in [-0.25, -0.2) is 0 Å². The molecule has 3 aromatic heterocycles. The van der Waals surface area contributed by atoms with Crippen LogP contribution >= 0.6 is 22.7 Å². The van der Waals surface area contributed by atoms with E-state index in [4.69, 9.17) is 4.52 Å². The molecule has 3 aromatic rings. The van der Waals surface area contributed by atoms with Crippen LogP contribution in [-0.4, -0.2) is 75.9 Å². The molecule has 0 N–H and O–H groups in total. The summed E-state index contributed by atoms with van der Waals surface area (Å²) < 4.78 is 5.41. The zero-order valence-electron chi connectivity index (χ0n) is 17.7. The van der Waals surface area contributed by atoms with E-state index >= 15 is 0 Å². The van der Waals surface area contributed by atoms with Crippen molar-refractivity contribution in [3.05, 3.63) is 45.8 Å². The first-order valence-electron chi connectivity index (χ1n) is 10.9. The smallest absolute Gasteiger partial charge is 0.263 e. The fourth-order valence-corrected chi connectivity index (χ4v) is 5.63. The van der Waals surface area contributed by atoms with E-state index in [1.165, 1.54) is 11.3 Å². The lowest BCUT2D eigenvalue weighted by Crippen LogP contribution is -2.51. The molecule has 0 saturated carbocycles. The molecule has 8 nitrogen and oxygen atoms in total. The normalized spacial score (nSPS) is 18.2. The SMILES string of the molecule is O=C(c1cccs1)N1CCC(C(=O)N2CCN(Cc3nc(-c4cccs4)no3)CC2)CC1. The standard InChI is InChI=1S/C22H25N5O3S2/c28-21(16-5-7-26(8-6-16)22(29)18-4-2-14-32-18)27-11-9-25(10-12-27)15-19-23-20(24-30-19)17-3-1-13-31-17/h1-4,13-14,16H,5-12,15H2. The Kier molecular flexibility index (Phi) is 6.33. The molecule has 0 atom stereocenters. The Bertz CT molecular complexity index is 1030. The van der Waals surface area contributed by atoms with Crippen LogP contribution in [0.2, 0.25) is 0 Å². The molecule has 32 heavy (non-hydrogen) atoms. The van der Waals surface area contributed by atoms with Crippen LogP contribution in [0.3, 0.4) is 0 Å². The number of aromatic nitrogens is 2.